The van der Waals surface area contributed by atoms with Gasteiger partial charge in [-0.2, -0.15) is 0 Å². The SMILES string of the molecule is C[C@H](NC(=O)c1ccc2c(c1)CCCC2)c1ccccn1. The Bertz CT molecular complexity index is 637. The number of rotatable bonds is 3. The fraction of sp³-hybridized carbons (Fsp3) is 0.333. The largest absolute Gasteiger partial charge is 0.344 e. The molecule has 0 bridgehead atoms. The Balaban J connectivity index is 1.73. The molecule has 1 aliphatic rings. The van der Waals surface area contributed by atoms with E-state index in [9.17, 15) is 4.79 Å². The van der Waals surface area contributed by atoms with Crippen LogP contribution in [0, 0.1) is 0 Å². The summed E-state index contributed by atoms with van der Waals surface area (Å²) >= 11 is 0. The van der Waals surface area contributed by atoms with Crippen molar-refractivity contribution in [1.82, 2.24) is 10.3 Å². The summed E-state index contributed by atoms with van der Waals surface area (Å²) in [6.45, 7) is 1.96. The Morgan fingerprint density at radius 3 is 2.71 bits per heavy atom. The highest BCUT2D eigenvalue weighted by Gasteiger charge is 2.15. The quantitative estimate of drug-likeness (QED) is 0.935. The zero-order chi connectivity index (χ0) is 14.7. The molecule has 21 heavy (non-hydrogen) atoms. The Hall–Kier alpha value is -2.16. The Morgan fingerprint density at radius 2 is 1.95 bits per heavy atom. The molecule has 0 fully saturated rings. The molecule has 0 unspecified atom stereocenters. The molecule has 1 amide bonds. The molecule has 1 N–H and O–H groups in total. The van der Waals surface area contributed by atoms with Gasteiger partial charge in [-0.1, -0.05) is 12.1 Å². The van der Waals surface area contributed by atoms with E-state index in [1.165, 1.54) is 24.0 Å². The van der Waals surface area contributed by atoms with Gasteiger partial charge in [0, 0.05) is 11.8 Å². The van der Waals surface area contributed by atoms with Gasteiger partial charge in [0.1, 0.15) is 0 Å². The van der Waals surface area contributed by atoms with Crippen molar-refractivity contribution in [3.63, 3.8) is 0 Å². The lowest BCUT2D eigenvalue weighted by Gasteiger charge is -2.17. The minimum absolute atomic E-state index is 0.0264. The number of carbonyl (C=O) groups is 1. The summed E-state index contributed by atoms with van der Waals surface area (Å²) in [5.41, 5.74) is 4.36. The lowest BCUT2D eigenvalue weighted by Crippen LogP contribution is -2.27. The number of aromatic nitrogens is 1. The fourth-order valence-corrected chi connectivity index (χ4v) is 2.86. The second-order valence-electron chi connectivity index (χ2n) is 5.64. The molecular formula is C18H20N2O. The van der Waals surface area contributed by atoms with Crippen LogP contribution in [0.3, 0.4) is 0 Å². The molecule has 0 saturated carbocycles. The van der Waals surface area contributed by atoms with Crippen molar-refractivity contribution >= 4 is 5.91 Å². The minimum atomic E-state index is -0.0882. The molecule has 2 aromatic rings. The van der Waals surface area contributed by atoms with Crippen molar-refractivity contribution in [2.75, 3.05) is 0 Å². The lowest BCUT2D eigenvalue weighted by molar-refractivity contribution is 0.0939. The highest BCUT2D eigenvalue weighted by atomic mass is 16.1. The molecule has 0 saturated heterocycles. The van der Waals surface area contributed by atoms with E-state index in [1.54, 1.807) is 6.20 Å². The predicted octanol–water partition coefficient (Wildman–Crippen LogP) is 3.45. The van der Waals surface area contributed by atoms with E-state index in [0.717, 1.165) is 24.1 Å². The number of nitrogens with one attached hydrogen (secondary N) is 1. The van der Waals surface area contributed by atoms with Crippen molar-refractivity contribution in [2.24, 2.45) is 0 Å². The van der Waals surface area contributed by atoms with Crippen LogP contribution in [-0.2, 0) is 12.8 Å². The summed E-state index contributed by atoms with van der Waals surface area (Å²) in [6.07, 6.45) is 6.46. The monoisotopic (exact) mass is 280 g/mol. The third-order valence-electron chi connectivity index (χ3n) is 4.09. The van der Waals surface area contributed by atoms with E-state index in [0.29, 0.717) is 0 Å². The molecule has 3 rings (SSSR count). The third kappa shape index (κ3) is 3.13. The molecule has 3 heteroatoms. The maximum Gasteiger partial charge on any atom is 0.251 e. The molecule has 1 aromatic carbocycles. The van der Waals surface area contributed by atoms with E-state index < -0.39 is 0 Å². The summed E-state index contributed by atoms with van der Waals surface area (Å²) in [6, 6.07) is 11.7. The number of benzene rings is 1. The van der Waals surface area contributed by atoms with E-state index >= 15 is 0 Å². The standard InChI is InChI=1S/C18H20N2O/c1-13(17-8-4-5-11-19-17)20-18(21)16-10-9-14-6-2-3-7-15(14)12-16/h4-5,8-13H,2-3,6-7H2,1H3,(H,20,21)/t13-/m0/s1. The lowest BCUT2D eigenvalue weighted by atomic mass is 9.90. The van der Waals surface area contributed by atoms with Crippen LogP contribution in [0.15, 0.2) is 42.6 Å². The minimum Gasteiger partial charge on any atom is -0.344 e. The van der Waals surface area contributed by atoms with Crippen LogP contribution in [0.1, 0.15) is 53.0 Å². The number of pyridine rings is 1. The molecule has 0 radical (unpaired) electrons. The fourth-order valence-electron chi connectivity index (χ4n) is 2.86. The first-order valence-corrected chi connectivity index (χ1v) is 7.57. The van der Waals surface area contributed by atoms with E-state index in [-0.39, 0.29) is 11.9 Å². The predicted molar refractivity (Wildman–Crippen MR) is 83.2 cm³/mol. The number of hydrogen-bond donors (Lipinski definition) is 1. The summed E-state index contributed by atoms with van der Waals surface area (Å²) in [5.74, 6) is -0.0264. The third-order valence-corrected chi connectivity index (χ3v) is 4.09. The molecule has 1 aromatic heterocycles. The van der Waals surface area contributed by atoms with Crippen LogP contribution < -0.4 is 5.32 Å². The second-order valence-corrected chi connectivity index (χ2v) is 5.64. The van der Waals surface area contributed by atoms with Crippen LogP contribution in [0.5, 0.6) is 0 Å². The number of hydrogen-bond acceptors (Lipinski definition) is 2. The molecule has 1 aliphatic carbocycles. The van der Waals surface area contributed by atoms with Crippen LogP contribution in [0.4, 0.5) is 0 Å². The zero-order valence-corrected chi connectivity index (χ0v) is 12.3. The maximum absolute atomic E-state index is 12.4. The first kappa shape index (κ1) is 13.8. The molecule has 0 spiro atoms. The van der Waals surface area contributed by atoms with Gasteiger partial charge in [0.2, 0.25) is 0 Å². The Labute approximate surface area is 125 Å². The zero-order valence-electron chi connectivity index (χ0n) is 12.3. The van der Waals surface area contributed by atoms with Gasteiger partial charge in [-0.15, -0.1) is 0 Å². The molecule has 1 heterocycles. The van der Waals surface area contributed by atoms with Gasteiger partial charge in [-0.3, -0.25) is 9.78 Å². The highest BCUT2D eigenvalue weighted by molar-refractivity contribution is 5.94. The van der Waals surface area contributed by atoms with Gasteiger partial charge in [0.15, 0.2) is 0 Å². The van der Waals surface area contributed by atoms with Gasteiger partial charge in [-0.05, 0) is 68.0 Å². The van der Waals surface area contributed by atoms with E-state index in [4.69, 9.17) is 0 Å². The molecular weight excluding hydrogens is 260 g/mol. The number of amides is 1. The van der Waals surface area contributed by atoms with Crippen LogP contribution in [0.2, 0.25) is 0 Å². The van der Waals surface area contributed by atoms with Crippen LogP contribution in [0.25, 0.3) is 0 Å². The van der Waals surface area contributed by atoms with E-state index in [1.807, 2.05) is 31.2 Å². The van der Waals surface area contributed by atoms with Gasteiger partial charge in [0.05, 0.1) is 11.7 Å². The van der Waals surface area contributed by atoms with E-state index in [2.05, 4.69) is 22.4 Å². The highest BCUT2D eigenvalue weighted by Crippen LogP contribution is 2.22. The van der Waals surface area contributed by atoms with Crippen LogP contribution >= 0.6 is 0 Å². The summed E-state index contributed by atoms with van der Waals surface area (Å²) in [4.78, 5) is 16.7. The van der Waals surface area contributed by atoms with Crippen molar-refractivity contribution in [2.45, 2.75) is 38.6 Å². The molecule has 0 aliphatic heterocycles. The van der Waals surface area contributed by atoms with Crippen molar-refractivity contribution in [3.8, 4) is 0 Å². The van der Waals surface area contributed by atoms with Gasteiger partial charge < -0.3 is 5.32 Å². The molecule has 1 atom stereocenters. The smallest absolute Gasteiger partial charge is 0.251 e. The van der Waals surface area contributed by atoms with Gasteiger partial charge in [0.25, 0.3) is 5.91 Å². The number of fused-ring (bicyclic) bond motifs is 1. The van der Waals surface area contributed by atoms with Crippen molar-refractivity contribution < 1.29 is 4.79 Å². The number of nitrogens with zero attached hydrogens (tertiary/aromatic N) is 1. The van der Waals surface area contributed by atoms with Gasteiger partial charge >= 0.3 is 0 Å². The van der Waals surface area contributed by atoms with Crippen molar-refractivity contribution in [3.05, 3.63) is 65.0 Å². The summed E-state index contributed by atoms with van der Waals surface area (Å²) in [7, 11) is 0. The van der Waals surface area contributed by atoms with Crippen LogP contribution in [-0.4, -0.2) is 10.9 Å². The number of carbonyl (C=O) groups excluding carboxylic acids is 1. The van der Waals surface area contributed by atoms with Crippen molar-refractivity contribution in [1.29, 1.82) is 0 Å². The topological polar surface area (TPSA) is 42.0 Å². The van der Waals surface area contributed by atoms with Gasteiger partial charge in [-0.25, -0.2) is 0 Å². The first-order valence-electron chi connectivity index (χ1n) is 7.57. The Kier molecular flexibility index (Phi) is 4.00. The Morgan fingerprint density at radius 1 is 1.14 bits per heavy atom. The molecule has 108 valence electrons. The summed E-state index contributed by atoms with van der Waals surface area (Å²) < 4.78 is 0. The normalized spacial score (nSPS) is 15.1. The average molecular weight is 280 g/mol. The second kappa shape index (κ2) is 6.08. The first-order chi connectivity index (χ1) is 10.2. The average Bonchev–Trinajstić information content (AvgIpc) is 2.55. The number of aryl methyl sites for hydroxylation is 2. The summed E-state index contributed by atoms with van der Waals surface area (Å²) in [5, 5.41) is 3.02. The molecule has 3 nitrogen and oxygen atoms in total. The maximum atomic E-state index is 12.4.